The lowest BCUT2D eigenvalue weighted by Gasteiger charge is -2.23. The van der Waals surface area contributed by atoms with E-state index in [4.69, 9.17) is 14.2 Å². The molecule has 4 nitrogen and oxygen atoms in total. The van der Waals surface area contributed by atoms with Gasteiger partial charge in [0.1, 0.15) is 11.5 Å². The van der Waals surface area contributed by atoms with E-state index < -0.39 is 29.7 Å². The van der Waals surface area contributed by atoms with Crippen LogP contribution in [0.2, 0.25) is 0 Å². The lowest BCUT2D eigenvalue weighted by atomic mass is 10.1. The molecule has 140 valence electrons. The van der Waals surface area contributed by atoms with Gasteiger partial charge >= 0.3 is 12.1 Å². The Kier molecular flexibility index (Phi) is 6.26. The molecule has 7 heteroatoms. The van der Waals surface area contributed by atoms with Crippen molar-refractivity contribution in [2.75, 3.05) is 7.11 Å². The second-order valence-corrected chi connectivity index (χ2v) is 5.88. The molecule has 0 saturated carbocycles. The van der Waals surface area contributed by atoms with Gasteiger partial charge in [0.15, 0.2) is 0 Å². The first kappa shape index (κ1) is 19.8. The molecule has 0 aromatic heterocycles. The Morgan fingerprint density at radius 1 is 1.04 bits per heavy atom. The van der Waals surface area contributed by atoms with Crippen LogP contribution in [0.25, 0.3) is 0 Å². The Balaban J connectivity index is 2.34. The summed E-state index contributed by atoms with van der Waals surface area (Å²) in [7, 11) is 1.34. The Hall–Kier alpha value is -2.54. The van der Waals surface area contributed by atoms with Gasteiger partial charge in [-0.2, -0.15) is 13.2 Å². The predicted molar refractivity (Wildman–Crippen MR) is 89.1 cm³/mol. The summed E-state index contributed by atoms with van der Waals surface area (Å²) < 4.78 is 55.3. The number of rotatable bonds is 6. The predicted octanol–water partition coefficient (Wildman–Crippen LogP) is 4.93. The summed E-state index contributed by atoms with van der Waals surface area (Å²) in [5.74, 6) is -1.17. The molecule has 1 unspecified atom stereocenters. The lowest BCUT2D eigenvalue weighted by Crippen LogP contribution is -2.26. The normalized spacial score (nSPS) is 12.7. The second kappa shape index (κ2) is 8.23. The molecule has 0 N–H and O–H groups in total. The number of carbonyl (C=O) groups excluding carboxylic acids is 1. The van der Waals surface area contributed by atoms with Crippen molar-refractivity contribution < 1.29 is 32.2 Å². The van der Waals surface area contributed by atoms with Crippen molar-refractivity contribution in [1.82, 2.24) is 0 Å². The third-order valence-electron chi connectivity index (χ3n) is 3.50. The maximum Gasteiger partial charge on any atom is 0.419 e. The Labute approximate surface area is 149 Å². The van der Waals surface area contributed by atoms with Crippen LogP contribution in [0, 0.1) is 5.92 Å². The molecule has 2 aromatic carbocycles. The van der Waals surface area contributed by atoms with E-state index in [1.165, 1.54) is 7.11 Å². The van der Waals surface area contributed by atoms with Gasteiger partial charge in [-0.15, -0.1) is 0 Å². The van der Waals surface area contributed by atoms with E-state index in [0.717, 1.165) is 18.2 Å². The first-order valence-corrected chi connectivity index (χ1v) is 7.90. The van der Waals surface area contributed by atoms with Crippen LogP contribution in [-0.4, -0.2) is 19.4 Å². The zero-order valence-corrected chi connectivity index (χ0v) is 14.5. The van der Waals surface area contributed by atoms with Gasteiger partial charge in [0.05, 0.1) is 11.1 Å². The van der Waals surface area contributed by atoms with Crippen LogP contribution in [0.5, 0.6) is 11.5 Å². The van der Waals surface area contributed by atoms with Crippen LogP contribution >= 0.6 is 0 Å². The highest BCUT2D eigenvalue weighted by Gasteiger charge is 2.36. The minimum Gasteiger partial charge on any atom is -0.464 e. The van der Waals surface area contributed by atoms with Gasteiger partial charge in [-0.3, -0.25) is 0 Å². The molecule has 0 radical (unpaired) electrons. The summed E-state index contributed by atoms with van der Waals surface area (Å²) in [6.07, 6.45) is -5.52. The molecule has 26 heavy (non-hydrogen) atoms. The molecule has 0 aliphatic heterocycles. The maximum absolute atomic E-state index is 13.2. The fraction of sp³-hybridized carbons (Fsp3) is 0.316. The van der Waals surface area contributed by atoms with Crippen molar-refractivity contribution in [3.63, 3.8) is 0 Å². The zero-order valence-electron chi connectivity index (χ0n) is 14.5. The molecule has 0 spiro atoms. The number of ether oxygens (including phenoxy) is 3. The summed E-state index contributed by atoms with van der Waals surface area (Å²) in [5.41, 5.74) is -1.05. The highest BCUT2D eigenvalue weighted by molar-refractivity contribution is 5.91. The molecule has 0 fully saturated rings. The smallest absolute Gasteiger partial charge is 0.419 e. The van der Waals surface area contributed by atoms with Crippen molar-refractivity contribution in [1.29, 1.82) is 0 Å². The first-order valence-electron chi connectivity index (χ1n) is 7.90. The third kappa shape index (κ3) is 4.98. The van der Waals surface area contributed by atoms with E-state index in [-0.39, 0.29) is 17.2 Å². The lowest BCUT2D eigenvalue weighted by molar-refractivity contribution is -0.143. The number of carbonyl (C=O) groups is 1. The standard InChI is InChI=1S/C19H19F3O4/c1-12(2)18(24-3)26-16-11-13(9-10-15(16)19(20,21)22)17(23)25-14-7-5-4-6-8-14/h4-12,18H,1-3H3. The van der Waals surface area contributed by atoms with Crippen LogP contribution in [0.3, 0.4) is 0 Å². The highest BCUT2D eigenvalue weighted by atomic mass is 19.4. The fourth-order valence-corrected chi connectivity index (χ4v) is 2.22. The average molecular weight is 368 g/mol. The van der Waals surface area contributed by atoms with Gasteiger partial charge in [0, 0.05) is 13.0 Å². The molecule has 2 aromatic rings. The molecule has 0 aliphatic carbocycles. The number of halogens is 3. The van der Waals surface area contributed by atoms with E-state index in [0.29, 0.717) is 0 Å². The van der Waals surface area contributed by atoms with Crippen LogP contribution in [-0.2, 0) is 10.9 Å². The van der Waals surface area contributed by atoms with Crippen LogP contribution in [0.1, 0.15) is 29.8 Å². The summed E-state index contributed by atoms with van der Waals surface area (Å²) in [6.45, 7) is 3.49. The van der Waals surface area contributed by atoms with Gasteiger partial charge < -0.3 is 14.2 Å². The molecule has 0 saturated heterocycles. The SMILES string of the molecule is COC(Oc1cc(C(=O)Oc2ccccc2)ccc1C(F)(F)F)C(C)C. The second-order valence-electron chi connectivity index (χ2n) is 5.88. The summed E-state index contributed by atoms with van der Waals surface area (Å²) in [6, 6.07) is 11.1. The average Bonchev–Trinajstić information content (AvgIpc) is 2.59. The van der Waals surface area contributed by atoms with Crippen molar-refractivity contribution in [2.45, 2.75) is 26.3 Å². The molecule has 0 heterocycles. The van der Waals surface area contributed by atoms with Crippen molar-refractivity contribution in [2.24, 2.45) is 5.92 Å². The van der Waals surface area contributed by atoms with E-state index in [1.807, 2.05) is 0 Å². The number of benzene rings is 2. The van der Waals surface area contributed by atoms with E-state index in [2.05, 4.69) is 0 Å². The molecule has 1 atom stereocenters. The fourth-order valence-electron chi connectivity index (χ4n) is 2.22. The van der Waals surface area contributed by atoms with E-state index in [1.54, 1.807) is 44.2 Å². The van der Waals surface area contributed by atoms with Gasteiger partial charge in [-0.05, 0) is 30.3 Å². The molecule has 0 amide bonds. The Morgan fingerprint density at radius 3 is 2.23 bits per heavy atom. The van der Waals surface area contributed by atoms with Crippen LogP contribution < -0.4 is 9.47 Å². The first-order chi connectivity index (χ1) is 12.2. The third-order valence-corrected chi connectivity index (χ3v) is 3.50. The Bertz CT molecular complexity index is 742. The van der Waals surface area contributed by atoms with Gasteiger partial charge in [-0.25, -0.2) is 4.79 Å². The minimum atomic E-state index is -4.63. The Morgan fingerprint density at radius 2 is 1.69 bits per heavy atom. The van der Waals surface area contributed by atoms with Crippen molar-refractivity contribution in [3.05, 3.63) is 59.7 Å². The van der Waals surface area contributed by atoms with Crippen molar-refractivity contribution in [3.8, 4) is 11.5 Å². The molecule has 0 aliphatic rings. The summed E-state index contributed by atoms with van der Waals surface area (Å²) in [5, 5.41) is 0. The molecular weight excluding hydrogens is 349 g/mol. The number of methoxy groups -OCH3 is 1. The number of esters is 1. The van der Waals surface area contributed by atoms with Gasteiger partial charge in [0.25, 0.3) is 0 Å². The zero-order chi connectivity index (χ0) is 19.3. The molecule has 0 bridgehead atoms. The number of para-hydroxylation sites is 1. The highest BCUT2D eigenvalue weighted by Crippen LogP contribution is 2.37. The van der Waals surface area contributed by atoms with Gasteiger partial charge in [0.2, 0.25) is 6.29 Å². The molecule has 2 rings (SSSR count). The number of hydrogen-bond donors (Lipinski definition) is 0. The molecular formula is C19H19F3O4. The minimum absolute atomic E-state index is 0.0598. The number of hydrogen-bond acceptors (Lipinski definition) is 4. The summed E-state index contributed by atoms with van der Waals surface area (Å²) >= 11 is 0. The monoisotopic (exact) mass is 368 g/mol. The van der Waals surface area contributed by atoms with E-state index in [9.17, 15) is 18.0 Å². The van der Waals surface area contributed by atoms with Crippen LogP contribution in [0.15, 0.2) is 48.5 Å². The van der Waals surface area contributed by atoms with E-state index >= 15 is 0 Å². The largest absolute Gasteiger partial charge is 0.464 e. The topological polar surface area (TPSA) is 44.8 Å². The van der Waals surface area contributed by atoms with Crippen LogP contribution in [0.4, 0.5) is 13.2 Å². The summed E-state index contributed by atoms with van der Waals surface area (Å²) in [4.78, 5) is 12.2. The van der Waals surface area contributed by atoms with Gasteiger partial charge in [-0.1, -0.05) is 32.0 Å². The number of alkyl halides is 3. The maximum atomic E-state index is 13.2. The van der Waals surface area contributed by atoms with Crippen molar-refractivity contribution >= 4 is 5.97 Å². The quantitative estimate of drug-likeness (QED) is 0.412.